The van der Waals surface area contributed by atoms with Gasteiger partial charge in [0.25, 0.3) is 0 Å². The van der Waals surface area contributed by atoms with Gasteiger partial charge in [0.2, 0.25) is 5.91 Å². The molecular weight excluding hydrogens is 328 g/mol. The highest BCUT2D eigenvalue weighted by Crippen LogP contribution is 2.24. The predicted octanol–water partition coefficient (Wildman–Crippen LogP) is 2.19. The van der Waals surface area contributed by atoms with Crippen molar-refractivity contribution in [2.75, 3.05) is 37.6 Å². The number of carbonyl (C=O) groups is 2. The summed E-state index contributed by atoms with van der Waals surface area (Å²) in [7, 11) is 0. The zero-order chi connectivity index (χ0) is 18.5. The van der Waals surface area contributed by atoms with Gasteiger partial charge < -0.3 is 20.4 Å². The highest BCUT2D eigenvalue weighted by molar-refractivity contribution is 5.96. The van der Waals surface area contributed by atoms with Crippen LogP contribution in [0.15, 0.2) is 18.2 Å². The third kappa shape index (κ3) is 4.75. The molecule has 2 heterocycles. The van der Waals surface area contributed by atoms with Crippen LogP contribution in [0.4, 0.5) is 10.5 Å². The second-order valence-electron chi connectivity index (χ2n) is 7.48. The minimum atomic E-state index is -0.175. The molecule has 0 aliphatic carbocycles. The summed E-state index contributed by atoms with van der Waals surface area (Å²) < 4.78 is 0. The van der Waals surface area contributed by atoms with Crippen molar-refractivity contribution >= 4 is 17.6 Å². The topological polar surface area (TPSA) is 64.7 Å². The summed E-state index contributed by atoms with van der Waals surface area (Å²) in [5.41, 5.74) is 3.29. The van der Waals surface area contributed by atoms with Crippen LogP contribution < -0.4 is 15.5 Å². The molecule has 3 rings (SSSR count). The van der Waals surface area contributed by atoms with Crippen molar-refractivity contribution in [3.05, 3.63) is 29.3 Å². The van der Waals surface area contributed by atoms with Crippen LogP contribution in [0.2, 0.25) is 0 Å². The molecule has 26 heavy (non-hydrogen) atoms. The first-order valence-electron chi connectivity index (χ1n) is 9.67. The van der Waals surface area contributed by atoms with Crippen molar-refractivity contribution in [2.45, 2.75) is 45.6 Å². The number of urea groups is 1. The number of nitrogens with one attached hydrogen (secondary N) is 2. The maximum absolute atomic E-state index is 12.3. The summed E-state index contributed by atoms with van der Waals surface area (Å²) in [6.45, 7) is 8.72. The van der Waals surface area contributed by atoms with Crippen LogP contribution in [-0.2, 0) is 4.79 Å². The van der Waals surface area contributed by atoms with E-state index in [9.17, 15) is 9.59 Å². The van der Waals surface area contributed by atoms with E-state index < -0.39 is 0 Å². The van der Waals surface area contributed by atoms with E-state index in [-0.39, 0.29) is 18.0 Å². The monoisotopic (exact) mass is 358 g/mol. The fourth-order valence-corrected chi connectivity index (χ4v) is 3.69. The van der Waals surface area contributed by atoms with Gasteiger partial charge in [-0.2, -0.15) is 0 Å². The Balaban J connectivity index is 1.41. The van der Waals surface area contributed by atoms with E-state index in [2.05, 4.69) is 22.5 Å². The summed E-state index contributed by atoms with van der Waals surface area (Å²) in [4.78, 5) is 28.6. The lowest BCUT2D eigenvalue weighted by Gasteiger charge is -2.19. The predicted molar refractivity (Wildman–Crippen MR) is 103 cm³/mol. The number of benzene rings is 1. The molecule has 0 saturated carbocycles. The zero-order valence-electron chi connectivity index (χ0n) is 15.9. The van der Waals surface area contributed by atoms with Crippen LogP contribution >= 0.6 is 0 Å². The Morgan fingerprint density at radius 2 is 1.96 bits per heavy atom. The van der Waals surface area contributed by atoms with Crippen molar-refractivity contribution in [3.8, 4) is 0 Å². The van der Waals surface area contributed by atoms with Gasteiger partial charge in [-0.05, 0) is 76.0 Å². The van der Waals surface area contributed by atoms with E-state index in [1.165, 1.54) is 37.1 Å². The summed E-state index contributed by atoms with van der Waals surface area (Å²) in [6.07, 6.45) is 3.90. The quantitative estimate of drug-likeness (QED) is 0.766. The lowest BCUT2D eigenvalue weighted by atomic mass is 10.1. The summed E-state index contributed by atoms with van der Waals surface area (Å²) in [5.74, 6) is 0.0626. The largest absolute Gasteiger partial charge is 0.338 e. The molecule has 6 nitrogen and oxygen atoms in total. The second kappa shape index (κ2) is 8.54. The van der Waals surface area contributed by atoms with E-state index in [1.54, 1.807) is 4.90 Å². The Bertz CT molecular complexity index is 655. The Kier molecular flexibility index (Phi) is 6.14. The maximum atomic E-state index is 12.3. The maximum Gasteiger partial charge on any atom is 0.315 e. The Labute approximate surface area is 155 Å². The zero-order valence-corrected chi connectivity index (χ0v) is 15.9. The average Bonchev–Trinajstić information content (AvgIpc) is 3.24. The normalized spacial score (nSPS) is 20.6. The molecule has 1 aromatic rings. The van der Waals surface area contributed by atoms with Crippen molar-refractivity contribution in [2.24, 2.45) is 0 Å². The average molecular weight is 358 g/mol. The summed E-state index contributed by atoms with van der Waals surface area (Å²) >= 11 is 0. The number of nitrogens with zero attached hydrogens (tertiary/aromatic N) is 2. The minimum Gasteiger partial charge on any atom is -0.338 e. The molecule has 1 atom stereocenters. The van der Waals surface area contributed by atoms with E-state index in [0.29, 0.717) is 19.5 Å². The second-order valence-corrected chi connectivity index (χ2v) is 7.48. The number of anilines is 1. The number of aryl methyl sites for hydroxylation is 2. The van der Waals surface area contributed by atoms with Crippen molar-refractivity contribution in [3.63, 3.8) is 0 Å². The van der Waals surface area contributed by atoms with E-state index >= 15 is 0 Å². The van der Waals surface area contributed by atoms with Gasteiger partial charge in [-0.1, -0.05) is 6.07 Å². The number of hydrogen-bond donors (Lipinski definition) is 2. The number of amides is 3. The third-order valence-electron chi connectivity index (χ3n) is 5.40. The first-order chi connectivity index (χ1) is 12.5. The lowest BCUT2D eigenvalue weighted by Crippen LogP contribution is -2.44. The van der Waals surface area contributed by atoms with Gasteiger partial charge in [-0.25, -0.2) is 4.79 Å². The molecule has 2 fully saturated rings. The molecule has 1 aromatic carbocycles. The van der Waals surface area contributed by atoms with Gasteiger partial charge in [0.05, 0.1) is 6.04 Å². The van der Waals surface area contributed by atoms with Gasteiger partial charge in [-0.3, -0.25) is 4.79 Å². The molecule has 0 bridgehead atoms. The molecule has 2 N–H and O–H groups in total. The van der Waals surface area contributed by atoms with Crippen LogP contribution in [0, 0.1) is 13.8 Å². The standard InChI is InChI=1S/C20H30N4O2/c1-15-6-7-18(12-16(15)2)24-14-17(13-19(24)25)22-20(26)21-8-5-11-23-9-3-4-10-23/h6-7,12,17H,3-5,8-11,13-14H2,1-2H3,(H2,21,22,26). The highest BCUT2D eigenvalue weighted by atomic mass is 16.2. The first kappa shape index (κ1) is 18.7. The molecule has 0 radical (unpaired) electrons. The number of rotatable bonds is 6. The number of likely N-dealkylation sites (tertiary alicyclic amines) is 1. The smallest absolute Gasteiger partial charge is 0.315 e. The van der Waals surface area contributed by atoms with Crippen LogP contribution in [0.1, 0.15) is 36.8 Å². The van der Waals surface area contributed by atoms with Gasteiger partial charge in [0.15, 0.2) is 0 Å². The lowest BCUT2D eigenvalue weighted by molar-refractivity contribution is -0.117. The van der Waals surface area contributed by atoms with E-state index in [4.69, 9.17) is 0 Å². The Hall–Kier alpha value is -2.08. The summed E-state index contributed by atoms with van der Waals surface area (Å²) in [5, 5.41) is 5.85. The number of carbonyl (C=O) groups excluding carboxylic acids is 2. The van der Waals surface area contributed by atoms with Crippen LogP contribution in [0.3, 0.4) is 0 Å². The van der Waals surface area contributed by atoms with E-state index in [0.717, 1.165) is 18.7 Å². The first-order valence-corrected chi connectivity index (χ1v) is 9.67. The molecule has 2 aliphatic heterocycles. The summed E-state index contributed by atoms with van der Waals surface area (Å²) in [6, 6.07) is 5.73. The van der Waals surface area contributed by atoms with Gasteiger partial charge in [0, 0.05) is 25.2 Å². The fraction of sp³-hybridized carbons (Fsp3) is 0.600. The SMILES string of the molecule is Cc1ccc(N2CC(NC(=O)NCCCN3CCCC3)CC2=O)cc1C. The molecule has 0 aromatic heterocycles. The molecule has 1 unspecified atom stereocenters. The van der Waals surface area contributed by atoms with Crippen LogP contribution in [-0.4, -0.2) is 55.6 Å². The van der Waals surface area contributed by atoms with Crippen molar-refractivity contribution in [1.29, 1.82) is 0 Å². The molecule has 6 heteroatoms. The van der Waals surface area contributed by atoms with Crippen LogP contribution in [0.5, 0.6) is 0 Å². The minimum absolute atomic E-state index is 0.0626. The van der Waals surface area contributed by atoms with Crippen molar-refractivity contribution in [1.82, 2.24) is 15.5 Å². The Morgan fingerprint density at radius 1 is 1.19 bits per heavy atom. The molecule has 3 amide bonds. The molecule has 0 spiro atoms. The highest BCUT2D eigenvalue weighted by Gasteiger charge is 2.31. The number of hydrogen-bond acceptors (Lipinski definition) is 3. The van der Waals surface area contributed by atoms with Crippen LogP contribution in [0.25, 0.3) is 0 Å². The van der Waals surface area contributed by atoms with Crippen molar-refractivity contribution < 1.29 is 9.59 Å². The Morgan fingerprint density at radius 3 is 2.69 bits per heavy atom. The molecule has 142 valence electrons. The third-order valence-corrected chi connectivity index (χ3v) is 5.40. The van der Waals surface area contributed by atoms with Gasteiger partial charge in [-0.15, -0.1) is 0 Å². The van der Waals surface area contributed by atoms with Gasteiger partial charge >= 0.3 is 6.03 Å². The van der Waals surface area contributed by atoms with E-state index in [1.807, 2.05) is 25.1 Å². The molecule has 2 saturated heterocycles. The molecular formula is C20H30N4O2. The van der Waals surface area contributed by atoms with Gasteiger partial charge in [0.1, 0.15) is 0 Å². The molecule has 2 aliphatic rings. The fourth-order valence-electron chi connectivity index (χ4n) is 3.69.